The minimum Gasteiger partial charge on any atom is -0.506 e. The summed E-state index contributed by atoms with van der Waals surface area (Å²) in [6.45, 7) is 1.07. The van der Waals surface area contributed by atoms with Crippen molar-refractivity contribution in [2.45, 2.75) is 31.6 Å². The van der Waals surface area contributed by atoms with Gasteiger partial charge in [0, 0.05) is 36.0 Å². The Hall–Kier alpha value is -3.41. The topological polar surface area (TPSA) is 82.5 Å². The number of phenolic OH excluding ortho intramolecular Hbond substituents is 1. The molecule has 0 bridgehead atoms. The number of benzene rings is 2. The van der Waals surface area contributed by atoms with Gasteiger partial charge in [0.2, 0.25) is 5.91 Å². The van der Waals surface area contributed by atoms with E-state index in [0.717, 1.165) is 29.4 Å². The number of anilines is 1. The Morgan fingerprint density at radius 2 is 1.68 bits per heavy atom. The molecule has 0 radical (unpaired) electrons. The summed E-state index contributed by atoms with van der Waals surface area (Å²) in [7, 11) is 0. The van der Waals surface area contributed by atoms with Gasteiger partial charge in [-0.2, -0.15) is 0 Å². The minimum atomic E-state index is -0.181. The molecule has 1 saturated heterocycles. The largest absolute Gasteiger partial charge is 0.506 e. The van der Waals surface area contributed by atoms with Crippen LogP contribution in [0.25, 0.3) is 10.9 Å². The summed E-state index contributed by atoms with van der Waals surface area (Å²) in [6, 6.07) is 16.5. The molecule has 5 rings (SSSR count). The lowest BCUT2D eigenvalue weighted by Gasteiger charge is -2.31. The molecule has 1 aliphatic carbocycles. The number of hydrogen-bond acceptors (Lipinski definition) is 4. The van der Waals surface area contributed by atoms with Crippen molar-refractivity contribution in [3.05, 3.63) is 65.9 Å². The molecule has 1 aromatic heterocycles. The molecule has 0 unspecified atom stereocenters. The smallest absolute Gasteiger partial charge is 0.254 e. The summed E-state index contributed by atoms with van der Waals surface area (Å²) in [5.41, 5.74) is 3.01. The van der Waals surface area contributed by atoms with E-state index in [1.807, 2.05) is 35.2 Å². The van der Waals surface area contributed by atoms with Crippen molar-refractivity contribution < 1.29 is 14.7 Å². The normalized spacial score (nSPS) is 17.0. The zero-order valence-corrected chi connectivity index (χ0v) is 17.3. The summed E-state index contributed by atoms with van der Waals surface area (Å²) in [5, 5.41) is 13.6. The van der Waals surface area contributed by atoms with E-state index in [4.69, 9.17) is 4.98 Å². The van der Waals surface area contributed by atoms with Crippen LogP contribution in [0.15, 0.2) is 54.6 Å². The standard InChI is InChI=1S/C25H25N3O3/c29-23-8-4-3-7-21(23)27-24(30)17-11-13-28(14-12-17)25(31)19-15-22(16-9-10-16)26-20-6-2-1-5-18(19)20/h1-8,15-17,29H,9-14H2,(H,27,30). The third kappa shape index (κ3) is 3.98. The molecule has 2 N–H and O–H groups in total. The molecule has 1 saturated carbocycles. The molecular formula is C25H25N3O3. The molecule has 158 valence electrons. The van der Waals surface area contributed by atoms with Gasteiger partial charge >= 0.3 is 0 Å². The number of fused-ring (bicyclic) bond motifs is 1. The average Bonchev–Trinajstić information content (AvgIpc) is 3.65. The van der Waals surface area contributed by atoms with Crippen molar-refractivity contribution in [3.63, 3.8) is 0 Å². The number of aromatic hydroxyl groups is 1. The van der Waals surface area contributed by atoms with E-state index in [9.17, 15) is 14.7 Å². The van der Waals surface area contributed by atoms with Crippen LogP contribution < -0.4 is 5.32 Å². The summed E-state index contributed by atoms with van der Waals surface area (Å²) < 4.78 is 0. The molecule has 6 heteroatoms. The Kier molecular flexibility index (Phi) is 5.06. The highest BCUT2D eigenvalue weighted by molar-refractivity contribution is 6.06. The van der Waals surface area contributed by atoms with Crippen LogP contribution in [0, 0.1) is 5.92 Å². The highest BCUT2D eigenvalue weighted by atomic mass is 16.3. The Labute approximate surface area is 180 Å². The first-order valence-corrected chi connectivity index (χ1v) is 10.9. The van der Waals surface area contributed by atoms with Crippen molar-refractivity contribution in [1.29, 1.82) is 0 Å². The number of pyridine rings is 1. The molecule has 0 spiro atoms. The Balaban J connectivity index is 1.29. The first kappa shape index (κ1) is 19.5. The average molecular weight is 415 g/mol. The number of likely N-dealkylation sites (tertiary alicyclic amines) is 1. The fraction of sp³-hybridized carbons (Fsp3) is 0.320. The second-order valence-corrected chi connectivity index (χ2v) is 8.46. The SMILES string of the molecule is O=C(Nc1ccccc1O)C1CCN(C(=O)c2cc(C3CC3)nc3ccccc23)CC1. The third-order valence-corrected chi connectivity index (χ3v) is 6.28. The molecule has 31 heavy (non-hydrogen) atoms. The number of piperidine rings is 1. The second kappa shape index (κ2) is 8.02. The number of carbonyl (C=O) groups excluding carboxylic acids is 2. The third-order valence-electron chi connectivity index (χ3n) is 6.28. The molecule has 2 aliphatic rings. The maximum absolute atomic E-state index is 13.4. The maximum atomic E-state index is 13.4. The Bertz CT molecular complexity index is 1150. The molecule has 1 aliphatic heterocycles. The van der Waals surface area contributed by atoms with E-state index in [0.29, 0.717) is 43.1 Å². The van der Waals surface area contributed by atoms with Crippen LogP contribution >= 0.6 is 0 Å². The highest BCUT2D eigenvalue weighted by Gasteiger charge is 2.31. The number of aromatic nitrogens is 1. The summed E-state index contributed by atoms with van der Waals surface area (Å²) >= 11 is 0. The highest BCUT2D eigenvalue weighted by Crippen LogP contribution is 2.40. The zero-order chi connectivity index (χ0) is 21.4. The van der Waals surface area contributed by atoms with Crippen LogP contribution in [0.3, 0.4) is 0 Å². The fourth-order valence-corrected chi connectivity index (χ4v) is 4.29. The number of rotatable bonds is 4. The number of nitrogens with zero attached hydrogens (tertiary/aromatic N) is 2. The van der Waals surface area contributed by atoms with Gasteiger partial charge in [-0.15, -0.1) is 0 Å². The summed E-state index contributed by atoms with van der Waals surface area (Å²) in [6.07, 6.45) is 3.47. The van der Waals surface area contributed by atoms with Gasteiger partial charge in [0.1, 0.15) is 5.75 Å². The van der Waals surface area contributed by atoms with Crippen molar-refractivity contribution in [2.24, 2.45) is 5.92 Å². The molecule has 2 heterocycles. The first-order chi connectivity index (χ1) is 15.1. The molecule has 2 fully saturated rings. The number of phenols is 1. The number of nitrogens with one attached hydrogen (secondary N) is 1. The van der Waals surface area contributed by atoms with E-state index in [2.05, 4.69) is 5.32 Å². The van der Waals surface area contributed by atoms with Crippen LogP contribution in [0.5, 0.6) is 5.75 Å². The molecular weight excluding hydrogens is 390 g/mol. The quantitative estimate of drug-likeness (QED) is 0.622. The lowest BCUT2D eigenvalue weighted by molar-refractivity contribution is -0.121. The van der Waals surface area contributed by atoms with Crippen molar-refractivity contribution in [3.8, 4) is 5.75 Å². The summed E-state index contributed by atoms with van der Waals surface area (Å²) in [5.74, 6) is 0.249. The maximum Gasteiger partial charge on any atom is 0.254 e. The van der Waals surface area contributed by atoms with Gasteiger partial charge in [-0.25, -0.2) is 0 Å². The second-order valence-electron chi connectivity index (χ2n) is 8.46. The van der Waals surface area contributed by atoms with Crippen molar-refractivity contribution in [2.75, 3.05) is 18.4 Å². The van der Waals surface area contributed by atoms with Crippen molar-refractivity contribution in [1.82, 2.24) is 9.88 Å². The monoisotopic (exact) mass is 415 g/mol. The van der Waals surface area contributed by atoms with Crippen molar-refractivity contribution >= 4 is 28.4 Å². The number of amides is 2. The summed E-state index contributed by atoms with van der Waals surface area (Å²) in [4.78, 5) is 32.6. The lowest BCUT2D eigenvalue weighted by Crippen LogP contribution is -2.41. The minimum absolute atomic E-state index is 0.0139. The van der Waals surface area contributed by atoms with E-state index < -0.39 is 0 Å². The predicted molar refractivity (Wildman–Crippen MR) is 119 cm³/mol. The lowest BCUT2D eigenvalue weighted by atomic mass is 9.94. The van der Waals surface area contributed by atoms with E-state index in [-0.39, 0.29) is 23.5 Å². The van der Waals surface area contributed by atoms with E-state index in [1.165, 1.54) is 0 Å². The molecule has 0 atom stereocenters. The van der Waals surface area contributed by atoms with Crippen LogP contribution in [0.1, 0.15) is 47.7 Å². The number of hydrogen-bond donors (Lipinski definition) is 2. The number of para-hydroxylation sites is 3. The van der Waals surface area contributed by atoms with E-state index in [1.54, 1.807) is 24.3 Å². The molecule has 2 aromatic carbocycles. The van der Waals surface area contributed by atoms with Gasteiger partial charge < -0.3 is 15.3 Å². The molecule has 2 amide bonds. The van der Waals surface area contributed by atoms with Gasteiger partial charge in [-0.1, -0.05) is 30.3 Å². The van der Waals surface area contributed by atoms with Crippen LogP contribution in [-0.4, -0.2) is 39.9 Å². The van der Waals surface area contributed by atoms with Crippen LogP contribution in [0.2, 0.25) is 0 Å². The first-order valence-electron chi connectivity index (χ1n) is 10.9. The van der Waals surface area contributed by atoms with E-state index >= 15 is 0 Å². The zero-order valence-electron chi connectivity index (χ0n) is 17.3. The van der Waals surface area contributed by atoms with Gasteiger partial charge in [-0.3, -0.25) is 14.6 Å². The molecule has 3 aromatic rings. The van der Waals surface area contributed by atoms with Gasteiger partial charge in [0.05, 0.1) is 16.8 Å². The van der Waals surface area contributed by atoms with Crippen LogP contribution in [0.4, 0.5) is 5.69 Å². The Morgan fingerprint density at radius 1 is 0.968 bits per heavy atom. The van der Waals surface area contributed by atoms with Gasteiger partial charge in [-0.05, 0) is 49.9 Å². The number of carbonyl (C=O) groups is 2. The predicted octanol–water partition coefficient (Wildman–Crippen LogP) is 4.31. The molecule has 6 nitrogen and oxygen atoms in total. The Morgan fingerprint density at radius 3 is 2.42 bits per heavy atom. The fourth-order valence-electron chi connectivity index (χ4n) is 4.29. The van der Waals surface area contributed by atoms with Crippen LogP contribution in [-0.2, 0) is 4.79 Å². The van der Waals surface area contributed by atoms with Gasteiger partial charge in [0.15, 0.2) is 0 Å². The van der Waals surface area contributed by atoms with Gasteiger partial charge in [0.25, 0.3) is 5.91 Å².